The maximum Gasteiger partial charge on any atom is 0.272 e. The van der Waals surface area contributed by atoms with Crippen LogP contribution in [0.2, 0.25) is 0 Å². The van der Waals surface area contributed by atoms with Crippen LogP contribution < -0.4 is 4.74 Å². The molecule has 0 atom stereocenters. The number of pyridine rings is 1. The third kappa shape index (κ3) is 5.13. The van der Waals surface area contributed by atoms with Crippen molar-refractivity contribution in [3.05, 3.63) is 23.4 Å². The molecule has 134 valence electrons. The lowest BCUT2D eigenvalue weighted by molar-refractivity contribution is 0.0794. The van der Waals surface area contributed by atoms with Crippen molar-refractivity contribution in [3.63, 3.8) is 0 Å². The van der Waals surface area contributed by atoms with Crippen molar-refractivity contribution in [2.75, 3.05) is 26.2 Å². The van der Waals surface area contributed by atoms with Gasteiger partial charge in [0.2, 0.25) is 5.88 Å². The monoisotopic (exact) mass is 338 g/mol. The Hall–Kier alpha value is -1.23. The number of fused-ring (bicyclic) bond motifs is 1. The van der Waals surface area contributed by atoms with Crippen LogP contribution >= 0.6 is 0 Å². The van der Waals surface area contributed by atoms with E-state index in [0.717, 1.165) is 37.5 Å². The lowest BCUT2D eigenvalue weighted by Gasteiger charge is -2.26. The summed E-state index contributed by atoms with van der Waals surface area (Å²) in [6.45, 7) is 2.66. The van der Waals surface area contributed by atoms with E-state index >= 15 is 0 Å². The van der Waals surface area contributed by atoms with Gasteiger partial charge < -0.3 is 9.64 Å². The standard InChI is InChI=1S/C19H28F2N2O/c20-18(21)14-24-19-7-6-16-9-12-23(13-10-17(16)22-19)11-8-15-4-2-1-3-5-15/h6-7,15,18H,1-5,8-14H2. The minimum atomic E-state index is -2.46. The van der Waals surface area contributed by atoms with Crippen molar-refractivity contribution in [1.29, 1.82) is 0 Å². The molecule has 1 aromatic rings. The number of halogens is 2. The van der Waals surface area contributed by atoms with Gasteiger partial charge in [0, 0.05) is 31.3 Å². The smallest absolute Gasteiger partial charge is 0.272 e. The van der Waals surface area contributed by atoms with Gasteiger partial charge in [0.15, 0.2) is 6.61 Å². The van der Waals surface area contributed by atoms with Gasteiger partial charge in [-0.2, -0.15) is 0 Å². The average molecular weight is 338 g/mol. The molecule has 0 aromatic carbocycles. The van der Waals surface area contributed by atoms with E-state index in [0.29, 0.717) is 5.88 Å². The van der Waals surface area contributed by atoms with Crippen molar-refractivity contribution in [3.8, 4) is 5.88 Å². The molecular weight excluding hydrogens is 310 g/mol. The summed E-state index contributed by atoms with van der Waals surface area (Å²) >= 11 is 0. The van der Waals surface area contributed by atoms with Gasteiger partial charge in [-0.25, -0.2) is 13.8 Å². The van der Waals surface area contributed by atoms with Gasteiger partial charge in [-0.1, -0.05) is 38.2 Å². The lowest BCUT2D eigenvalue weighted by atomic mass is 9.87. The first-order chi connectivity index (χ1) is 11.7. The van der Waals surface area contributed by atoms with Gasteiger partial charge >= 0.3 is 0 Å². The summed E-state index contributed by atoms with van der Waals surface area (Å²) in [5.74, 6) is 1.24. The first kappa shape index (κ1) is 17.6. The Bertz CT molecular complexity index is 518. The molecule has 1 aromatic heterocycles. The highest BCUT2D eigenvalue weighted by Crippen LogP contribution is 2.27. The molecule has 0 radical (unpaired) electrons. The van der Waals surface area contributed by atoms with Crippen LogP contribution in [0.4, 0.5) is 8.78 Å². The van der Waals surface area contributed by atoms with Crippen LogP contribution in [0.25, 0.3) is 0 Å². The molecule has 2 aliphatic rings. The Morgan fingerprint density at radius 1 is 1.12 bits per heavy atom. The molecule has 0 unspecified atom stereocenters. The first-order valence-electron chi connectivity index (χ1n) is 9.33. The van der Waals surface area contributed by atoms with Crippen LogP contribution in [0.3, 0.4) is 0 Å². The van der Waals surface area contributed by atoms with Gasteiger partial charge in [0.1, 0.15) is 0 Å². The second-order valence-corrected chi connectivity index (χ2v) is 7.09. The second-order valence-electron chi connectivity index (χ2n) is 7.09. The van der Waals surface area contributed by atoms with Crippen LogP contribution in [0, 0.1) is 5.92 Å². The van der Waals surface area contributed by atoms with Crippen LogP contribution in [0.15, 0.2) is 12.1 Å². The first-order valence-corrected chi connectivity index (χ1v) is 9.33. The van der Waals surface area contributed by atoms with E-state index in [1.54, 1.807) is 6.07 Å². The molecule has 0 bridgehead atoms. The quantitative estimate of drug-likeness (QED) is 0.781. The number of aromatic nitrogens is 1. The molecule has 0 N–H and O–H groups in total. The van der Waals surface area contributed by atoms with Gasteiger partial charge in [-0.05, 0) is 30.9 Å². The highest BCUT2D eigenvalue weighted by molar-refractivity contribution is 5.27. The minimum Gasteiger partial charge on any atom is -0.472 e. The SMILES string of the molecule is FC(F)COc1ccc2c(n1)CCN(CCC1CCCCC1)CC2. The number of alkyl halides is 2. The zero-order valence-electron chi connectivity index (χ0n) is 14.4. The number of hydrogen-bond acceptors (Lipinski definition) is 3. The molecule has 3 nitrogen and oxygen atoms in total. The molecule has 1 aliphatic carbocycles. The fourth-order valence-electron chi connectivity index (χ4n) is 3.90. The second kappa shape index (κ2) is 8.75. The molecule has 5 heteroatoms. The summed E-state index contributed by atoms with van der Waals surface area (Å²) in [6, 6.07) is 3.71. The van der Waals surface area contributed by atoms with E-state index in [9.17, 15) is 8.78 Å². The Kier molecular flexibility index (Phi) is 6.41. The Morgan fingerprint density at radius 2 is 1.92 bits per heavy atom. The molecule has 1 aliphatic heterocycles. The van der Waals surface area contributed by atoms with E-state index in [1.165, 1.54) is 50.6 Å². The van der Waals surface area contributed by atoms with Crippen molar-refractivity contribution in [2.45, 2.75) is 57.8 Å². The van der Waals surface area contributed by atoms with Gasteiger partial charge in [-0.3, -0.25) is 0 Å². The van der Waals surface area contributed by atoms with E-state index in [1.807, 2.05) is 6.07 Å². The van der Waals surface area contributed by atoms with Crippen molar-refractivity contribution in [2.24, 2.45) is 5.92 Å². The number of ether oxygens (including phenoxy) is 1. The third-order valence-electron chi connectivity index (χ3n) is 5.34. The van der Waals surface area contributed by atoms with E-state index < -0.39 is 13.0 Å². The summed E-state index contributed by atoms with van der Waals surface area (Å²) in [7, 11) is 0. The van der Waals surface area contributed by atoms with E-state index in [4.69, 9.17) is 4.74 Å². The molecule has 24 heavy (non-hydrogen) atoms. The van der Waals surface area contributed by atoms with Gasteiger partial charge in [-0.15, -0.1) is 0 Å². The molecule has 1 saturated carbocycles. The maximum absolute atomic E-state index is 12.3. The predicted molar refractivity (Wildman–Crippen MR) is 90.8 cm³/mol. The normalized spacial score (nSPS) is 20.0. The molecular formula is C19H28F2N2O. The zero-order chi connectivity index (χ0) is 16.8. The average Bonchev–Trinajstić information content (AvgIpc) is 2.81. The third-order valence-corrected chi connectivity index (χ3v) is 5.34. The van der Waals surface area contributed by atoms with Crippen molar-refractivity contribution in [1.82, 2.24) is 9.88 Å². The number of rotatable bonds is 6. The van der Waals surface area contributed by atoms with Crippen LogP contribution in [-0.2, 0) is 12.8 Å². The molecule has 0 spiro atoms. The number of hydrogen-bond donors (Lipinski definition) is 0. The molecule has 0 amide bonds. The summed E-state index contributed by atoms with van der Waals surface area (Å²) < 4.78 is 29.6. The highest BCUT2D eigenvalue weighted by Gasteiger charge is 2.18. The molecule has 3 rings (SSSR count). The topological polar surface area (TPSA) is 25.4 Å². The Labute approximate surface area is 143 Å². The van der Waals surface area contributed by atoms with Gasteiger partial charge in [0.25, 0.3) is 6.43 Å². The Morgan fingerprint density at radius 3 is 2.71 bits per heavy atom. The van der Waals surface area contributed by atoms with Crippen LogP contribution in [0.5, 0.6) is 5.88 Å². The number of nitrogens with zero attached hydrogens (tertiary/aromatic N) is 2. The fourth-order valence-corrected chi connectivity index (χ4v) is 3.90. The zero-order valence-corrected chi connectivity index (χ0v) is 14.4. The molecule has 0 saturated heterocycles. The lowest BCUT2D eigenvalue weighted by Crippen LogP contribution is -2.29. The van der Waals surface area contributed by atoms with Crippen LogP contribution in [0.1, 0.15) is 49.8 Å². The van der Waals surface area contributed by atoms with Gasteiger partial charge in [0.05, 0.1) is 0 Å². The maximum atomic E-state index is 12.3. The Balaban J connectivity index is 1.50. The largest absolute Gasteiger partial charge is 0.472 e. The molecule has 1 fully saturated rings. The summed E-state index contributed by atoms with van der Waals surface area (Å²) in [4.78, 5) is 6.99. The predicted octanol–water partition coefficient (Wildman–Crippen LogP) is 4.10. The summed E-state index contributed by atoms with van der Waals surface area (Å²) in [5, 5.41) is 0. The van der Waals surface area contributed by atoms with E-state index in [2.05, 4.69) is 9.88 Å². The minimum absolute atomic E-state index is 0.324. The summed E-state index contributed by atoms with van der Waals surface area (Å²) in [6.07, 6.45) is 7.75. The highest BCUT2D eigenvalue weighted by atomic mass is 19.3. The summed E-state index contributed by atoms with van der Waals surface area (Å²) in [5.41, 5.74) is 2.25. The fraction of sp³-hybridized carbons (Fsp3) is 0.737. The molecule has 2 heterocycles. The van der Waals surface area contributed by atoms with Crippen molar-refractivity contribution >= 4 is 0 Å². The van der Waals surface area contributed by atoms with Crippen molar-refractivity contribution < 1.29 is 13.5 Å². The van der Waals surface area contributed by atoms with E-state index in [-0.39, 0.29) is 0 Å². The van der Waals surface area contributed by atoms with Crippen LogP contribution in [-0.4, -0.2) is 42.6 Å².